The topological polar surface area (TPSA) is 26.3 Å². The number of esters is 1. The molecular formula is C9H11FO2S. The van der Waals surface area contributed by atoms with E-state index in [9.17, 15) is 9.18 Å². The number of hydrogen-bond donors (Lipinski definition) is 0. The predicted molar refractivity (Wildman–Crippen MR) is 49.4 cm³/mol. The molecule has 72 valence electrons. The molecule has 1 heterocycles. The van der Waals surface area contributed by atoms with Crippen LogP contribution in [0.3, 0.4) is 0 Å². The van der Waals surface area contributed by atoms with Crippen LogP contribution in [0.25, 0.3) is 0 Å². The molecule has 1 aromatic rings. The average Bonchev–Trinajstić information content (AvgIpc) is 2.30. The smallest absolute Gasteiger partial charge is 0.351 e. The quantitative estimate of drug-likeness (QED) is 0.654. The van der Waals surface area contributed by atoms with Crippen LogP contribution < -0.4 is 0 Å². The maximum absolute atomic E-state index is 12.9. The Bertz CT molecular complexity index is 312. The summed E-state index contributed by atoms with van der Waals surface area (Å²) < 4.78 is 17.9. The maximum atomic E-state index is 12.9. The zero-order chi connectivity index (χ0) is 10.1. The minimum absolute atomic E-state index is 0.0370. The third kappa shape index (κ3) is 2.81. The van der Waals surface area contributed by atoms with Crippen molar-refractivity contribution in [1.82, 2.24) is 0 Å². The molecule has 0 bridgehead atoms. The number of hydrogen-bond acceptors (Lipinski definition) is 3. The normalized spacial score (nSPS) is 11.4. The molecule has 0 fully saturated rings. The molecule has 0 unspecified atom stereocenters. The van der Waals surface area contributed by atoms with E-state index < -0.39 is 17.4 Å². The van der Waals surface area contributed by atoms with E-state index in [0.29, 0.717) is 0 Å². The van der Waals surface area contributed by atoms with E-state index in [2.05, 4.69) is 0 Å². The van der Waals surface area contributed by atoms with Gasteiger partial charge in [0.2, 0.25) is 0 Å². The van der Waals surface area contributed by atoms with Crippen molar-refractivity contribution in [3.05, 3.63) is 22.1 Å². The van der Waals surface area contributed by atoms with E-state index in [4.69, 9.17) is 4.74 Å². The van der Waals surface area contributed by atoms with Crippen LogP contribution in [-0.4, -0.2) is 11.6 Å². The highest BCUT2D eigenvalue weighted by atomic mass is 32.1. The lowest BCUT2D eigenvalue weighted by Crippen LogP contribution is -2.23. The Morgan fingerprint density at radius 1 is 1.54 bits per heavy atom. The third-order valence-corrected chi connectivity index (χ3v) is 2.07. The van der Waals surface area contributed by atoms with Gasteiger partial charge in [0.25, 0.3) is 0 Å². The van der Waals surface area contributed by atoms with Crippen molar-refractivity contribution in [2.75, 3.05) is 0 Å². The lowest BCUT2D eigenvalue weighted by atomic mass is 10.2. The molecule has 0 saturated heterocycles. The number of carbonyl (C=O) groups is 1. The average molecular weight is 202 g/mol. The fourth-order valence-electron chi connectivity index (χ4n) is 0.764. The van der Waals surface area contributed by atoms with Gasteiger partial charge in [0.05, 0.1) is 0 Å². The molecule has 0 saturated carbocycles. The highest BCUT2D eigenvalue weighted by Gasteiger charge is 2.21. The summed E-state index contributed by atoms with van der Waals surface area (Å²) in [5.41, 5.74) is -0.576. The molecule has 0 aliphatic carbocycles. The van der Waals surface area contributed by atoms with Gasteiger partial charge in [-0.2, -0.15) is 0 Å². The molecular weight excluding hydrogens is 191 g/mol. The first kappa shape index (κ1) is 10.2. The fraction of sp³-hybridized carbons (Fsp3) is 0.444. The monoisotopic (exact) mass is 202 g/mol. The molecule has 0 amide bonds. The van der Waals surface area contributed by atoms with Crippen LogP contribution in [0, 0.1) is 5.82 Å². The first-order chi connectivity index (χ1) is 5.90. The molecule has 0 N–H and O–H groups in total. The Hall–Kier alpha value is -0.900. The number of rotatable bonds is 1. The van der Waals surface area contributed by atoms with Gasteiger partial charge >= 0.3 is 5.97 Å². The van der Waals surface area contributed by atoms with Gasteiger partial charge in [-0.1, -0.05) is 0 Å². The third-order valence-electron chi connectivity index (χ3n) is 1.20. The molecule has 2 nitrogen and oxygen atoms in total. The van der Waals surface area contributed by atoms with Gasteiger partial charge < -0.3 is 4.74 Å². The van der Waals surface area contributed by atoms with Crippen molar-refractivity contribution in [2.24, 2.45) is 0 Å². The van der Waals surface area contributed by atoms with Gasteiger partial charge in [-0.3, -0.25) is 0 Å². The molecule has 0 atom stereocenters. The highest BCUT2D eigenvalue weighted by Crippen LogP contribution is 2.19. The highest BCUT2D eigenvalue weighted by molar-refractivity contribution is 7.12. The Balaban J connectivity index is 2.76. The van der Waals surface area contributed by atoms with Crippen molar-refractivity contribution in [2.45, 2.75) is 26.4 Å². The van der Waals surface area contributed by atoms with Gasteiger partial charge in [-0.15, -0.1) is 11.3 Å². The summed E-state index contributed by atoms with van der Waals surface area (Å²) in [6.45, 7) is 5.24. The second kappa shape index (κ2) is 3.46. The Labute approximate surface area is 80.3 Å². The van der Waals surface area contributed by atoms with Crippen molar-refractivity contribution in [1.29, 1.82) is 0 Å². The molecule has 0 aliphatic rings. The number of halogens is 1. The first-order valence-corrected chi connectivity index (χ1v) is 4.74. The molecule has 1 aromatic heterocycles. The van der Waals surface area contributed by atoms with Crippen molar-refractivity contribution in [3.8, 4) is 0 Å². The van der Waals surface area contributed by atoms with E-state index in [1.54, 1.807) is 20.8 Å². The van der Waals surface area contributed by atoms with E-state index in [1.807, 2.05) is 0 Å². The van der Waals surface area contributed by atoms with Crippen LogP contribution in [0.4, 0.5) is 4.39 Å². The Morgan fingerprint density at radius 3 is 2.54 bits per heavy atom. The molecule has 0 aliphatic heterocycles. The maximum Gasteiger partial charge on any atom is 0.351 e. The summed E-state index contributed by atoms with van der Waals surface area (Å²) in [4.78, 5) is 11.3. The summed E-state index contributed by atoms with van der Waals surface area (Å²) in [6.07, 6.45) is 0. The molecule has 13 heavy (non-hydrogen) atoms. The van der Waals surface area contributed by atoms with Crippen LogP contribution in [-0.2, 0) is 4.74 Å². The zero-order valence-electron chi connectivity index (χ0n) is 7.76. The predicted octanol–water partition coefficient (Wildman–Crippen LogP) is 2.84. The SMILES string of the molecule is CC(C)(C)OC(=O)c1sccc1F. The van der Waals surface area contributed by atoms with Crippen LogP contribution in [0.1, 0.15) is 30.4 Å². The number of thiophene rings is 1. The van der Waals surface area contributed by atoms with Gasteiger partial charge in [-0.25, -0.2) is 9.18 Å². The Morgan fingerprint density at radius 2 is 2.15 bits per heavy atom. The first-order valence-electron chi connectivity index (χ1n) is 3.86. The van der Waals surface area contributed by atoms with E-state index >= 15 is 0 Å². The largest absolute Gasteiger partial charge is 0.456 e. The summed E-state index contributed by atoms with van der Waals surface area (Å²) in [7, 11) is 0. The second-order valence-electron chi connectivity index (χ2n) is 3.60. The Kier molecular flexibility index (Phi) is 2.71. The van der Waals surface area contributed by atoms with E-state index in [1.165, 1.54) is 11.4 Å². The lowest BCUT2D eigenvalue weighted by Gasteiger charge is -2.18. The van der Waals surface area contributed by atoms with Crippen LogP contribution in [0.5, 0.6) is 0 Å². The fourth-order valence-corrected chi connectivity index (χ4v) is 1.41. The van der Waals surface area contributed by atoms with Crippen LogP contribution in [0.2, 0.25) is 0 Å². The van der Waals surface area contributed by atoms with Crippen LogP contribution in [0.15, 0.2) is 11.4 Å². The summed E-state index contributed by atoms with van der Waals surface area (Å²) in [5, 5.41) is 1.52. The van der Waals surface area contributed by atoms with Gasteiger partial charge in [-0.05, 0) is 32.2 Å². The second-order valence-corrected chi connectivity index (χ2v) is 4.52. The molecule has 0 spiro atoms. The standard InChI is InChI=1S/C9H11FO2S/c1-9(2,3)12-8(11)7-6(10)4-5-13-7/h4-5H,1-3H3. The van der Waals surface area contributed by atoms with Gasteiger partial charge in [0, 0.05) is 0 Å². The van der Waals surface area contributed by atoms with Gasteiger partial charge in [0.15, 0.2) is 0 Å². The zero-order valence-corrected chi connectivity index (χ0v) is 8.57. The van der Waals surface area contributed by atoms with Crippen LogP contribution >= 0.6 is 11.3 Å². The molecule has 1 rings (SSSR count). The van der Waals surface area contributed by atoms with Crippen molar-refractivity contribution >= 4 is 17.3 Å². The van der Waals surface area contributed by atoms with E-state index in [-0.39, 0.29) is 4.88 Å². The van der Waals surface area contributed by atoms with E-state index in [0.717, 1.165) is 11.3 Å². The number of carbonyl (C=O) groups excluding carboxylic acids is 1. The van der Waals surface area contributed by atoms with Gasteiger partial charge in [0.1, 0.15) is 16.3 Å². The summed E-state index contributed by atoms with van der Waals surface area (Å²) in [6, 6.07) is 1.25. The summed E-state index contributed by atoms with van der Waals surface area (Å²) >= 11 is 1.05. The number of ether oxygens (including phenoxy) is 1. The minimum atomic E-state index is -0.597. The minimum Gasteiger partial charge on any atom is -0.456 e. The summed E-state index contributed by atoms with van der Waals surface area (Å²) in [5.74, 6) is -1.11. The molecule has 0 radical (unpaired) electrons. The molecule has 4 heteroatoms. The van der Waals surface area contributed by atoms with Crippen molar-refractivity contribution < 1.29 is 13.9 Å². The molecule has 0 aromatic carbocycles. The lowest BCUT2D eigenvalue weighted by molar-refractivity contribution is 0.00710. The van der Waals surface area contributed by atoms with Crippen molar-refractivity contribution in [3.63, 3.8) is 0 Å².